The Morgan fingerprint density at radius 2 is 1.29 bits per heavy atom. The number of fused-ring (bicyclic) bond motifs is 1. The predicted octanol–water partition coefficient (Wildman–Crippen LogP) is 4.19. The Hall–Kier alpha value is -2.15. The molecule has 0 fully saturated rings. The minimum Gasteiger partial charge on any atom is -0.297 e. The van der Waals surface area contributed by atoms with E-state index in [1.807, 2.05) is 60.7 Å². The monoisotopic (exact) mass is 333 g/mol. The van der Waals surface area contributed by atoms with E-state index in [0.717, 1.165) is 23.5 Å². The molecule has 0 heterocycles. The van der Waals surface area contributed by atoms with Crippen LogP contribution in [0.3, 0.4) is 0 Å². The van der Waals surface area contributed by atoms with Crippen molar-refractivity contribution in [2.24, 2.45) is 0 Å². The van der Waals surface area contributed by atoms with Crippen molar-refractivity contribution in [1.29, 1.82) is 0 Å². The average Bonchev–Trinajstić information content (AvgIpc) is 3.06. The van der Waals surface area contributed by atoms with E-state index in [-0.39, 0.29) is 6.04 Å². The van der Waals surface area contributed by atoms with Gasteiger partial charge in [-0.1, -0.05) is 60.7 Å². The van der Waals surface area contributed by atoms with Crippen LogP contribution in [0.15, 0.2) is 84.9 Å². The average molecular weight is 333 g/mol. The summed E-state index contributed by atoms with van der Waals surface area (Å²) in [5.41, 5.74) is 2.65. The lowest BCUT2D eigenvalue weighted by atomic mass is 10.1. The van der Waals surface area contributed by atoms with Crippen LogP contribution in [0, 0.1) is 0 Å². The Kier molecular flexibility index (Phi) is 4.10. The van der Waals surface area contributed by atoms with Crippen molar-refractivity contribution < 1.29 is 4.57 Å². The summed E-state index contributed by atoms with van der Waals surface area (Å²) in [7, 11) is -2.88. The van der Waals surface area contributed by atoms with Gasteiger partial charge >= 0.3 is 0 Å². The molecule has 0 saturated carbocycles. The summed E-state index contributed by atoms with van der Waals surface area (Å²) in [4.78, 5) is 0. The van der Waals surface area contributed by atoms with Crippen molar-refractivity contribution >= 4 is 17.9 Å². The molecule has 3 heteroatoms. The lowest BCUT2D eigenvalue weighted by Gasteiger charge is -2.25. The summed E-state index contributed by atoms with van der Waals surface area (Å²) in [5, 5.41) is 5.26. The first-order valence-corrected chi connectivity index (χ1v) is 10.0. The van der Waals surface area contributed by atoms with Gasteiger partial charge in [-0.25, -0.2) is 0 Å². The molecule has 0 radical (unpaired) electrons. The lowest BCUT2D eigenvalue weighted by Crippen LogP contribution is -2.29. The van der Waals surface area contributed by atoms with Gasteiger partial charge in [-0.3, -0.25) is 9.65 Å². The fraction of sp³-hybridized carbons (Fsp3) is 0.143. The molecule has 24 heavy (non-hydrogen) atoms. The molecule has 0 saturated heterocycles. The van der Waals surface area contributed by atoms with Crippen LogP contribution in [0.2, 0.25) is 0 Å². The molecule has 1 unspecified atom stereocenters. The standard InChI is InChI=1S/C21H20NOP/c23-24(18-10-3-1-4-11-18,19-12-5-2-6-13-19)22-21-16-15-17-9-7-8-14-20(17)21/h1-14,21H,15-16H2,(H,22,23). The lowest BCUT2D eigenvalue weighted by molar-refractivity contribution is 0.559. The highest BCUT2D eigenvalue weighted by Gasteiger charge is 2.33. The quantitative estimate of drug-likeness (QED) is 0.725. The molecular formula is C21H20NOP. The Bertz CT molecular complexity index is 833. The zero-order chi connectivity index (χ0) is 16.4. The van der Waals surface area contributed by atoms with E-state index < -0.39 is 7.29 Å². The first-order chi connectivity index (χ1) is 11.8. The van der Waals surface area contributed by atoms with Crippen molar-refractivity contribution in [2.75, 3.05) is 0 Å². The van der Waals surface area contributed by atoms with Crippen LogP contribution in [-0.2, 0) is 11.0 Å². The first kappa shape index (κ1) is 15.4. The summed E-state index contributed by atoms with van der Waals surface area (Å²) in [6, 6.07) is 28.2. The number of rotatable bonds is 4. The number of aryl methyl sites for hydroxylation is 1. The molecule has 1 atom stereocenters. The van der Waals surface area contributed by atoms with Crippen LogP contribution >= 0.6 is 7.29 Å². The third kappa shape index (κ3) is 2.73. The van der Waals surface area contributed by atoms with Gasteiger partial charge in [0, 0.05) is 16.7 Å². The summed E-state index contributed by atoms with van der Waals surface area (Å²) < 4.78 is 14.1. The van der Waals surface area contributed by atoms with Crippen molar-refractivity contribution in [1.82, 2.24) is 5.09 Å². The molecule has 1 aliphatic carbocycles. The van der Waals surface area contributed by atoms with Gasteiger partial charge in [-0.15, -0.1) is 0 Å². The van der Waals surface area contributed by atoms with Crippen molar-refractivity contribution in [3.05, 3.63) is 96.1 Å². The van der Waals surface area contributed by atoms with E-state index in [1.54, 1.807) is 0 Å². The molecule has 1 N–H and O–H groups in total. The van der Waals surface area contributed by atoms with E-state index in [1.165, 1.54) is 11.1 Å². The van der Waals surface area contributed by atoms with Crippen LogP contribution < -0.4 is 15.7 Å². The van der Waals surface area contributed by atoms with Gasteiger partial charge in [-0.2, -0.15) is 0 Å². The molecule has 0 bridgehead atoms. The van der Waals surface area contributed by atoms with E-state index in [0.29, 0.717) is 0 Å². The molecule has 0 amide bonds. The zero-order valence-corrected chi connectivity index (χ0v) is 14.3. The molecule has 0 aliphatic heterocycles. The van der Waals surface area contributed by atoms with Crippen molar-refractivity contribution in [2.45, 2.75) is 18.9 Å². The molecular weight excluding hydrogens is 313 g/mol. The van der Waals surface area contributed by atoms with E-state index in [9.17, 15) is 4.57 Å². The second kappa shape index (κ2) is 6.39. The SMILES string of the molecule is O=P(NC1CCc2ccccc21)(c1ccccc1)c1ccccc1. The maximum Gasteiger partial charge on any atom is 0.205 e. The number of hydrogen-bond donors (Lipinski definition) is 1. The van der Waals surface area contributed by atoms with E-state index >= 15 is 0 Å². The second-order valence-electron chi connectivity index (χ2n) is 6.20. The molecule has 1 aliphatic rings. The Balaban J connectivity index is 1.77. The summed E-state index contributed by atoms with van der Waals surface area (Å²) in [5.74, 6) is 0. The maximum absolute atomic E-state index is 14.1. The maximum atomic E-state index is 14.1. The molecule has 0 spiro atoms. The normalized spacial score (nSPS) is 16.8. The first-order valence-electron chi connectivity index (χ1n) is 8.34. The van der Waals surface area contributed by atoms with Gasteiger partial charge < -0.3 is 0 Å². The van der Waals surface area contributed by atoms with Crippen LogP contribution in [0.1, 0.15) is 23.6 Å². The Morgan fingerprint density at radius 3 is 1.92 bits per heavy atom. The van der Waals surface area contributed by atoms with Gasteiger partial charge in [0.25, 0.3) is 0 Å². The van der Waals surface area contributed by atoms with Crippen LogP contribution in [0.25, 0.3) is 0 Å². The minimum absolute atomic E-state index is 0.132. The Labute approximate surface area is 143 Å². The van der Waals surface area contributed by atoms with Crippen molar-refractivity contribution in [3.63, 3.8) is 0 Å². The molecule has 4 rings (SSSR count). The van der Waals surface area contributed by atoms with Gasteiger partial charge in [0.15, 0.2) is 0 Å². The molecule has 3 aromatic rings. The summed E-state index contributed by atoms with van der Waals surface area (Å²) >= 11 is 0. The zero-order valence-electron chi connectivity index (χ0n) is 13.4. The largest absolute Gasteiger partial charge is 0.297 e. The van der Waals surface area contributed by atoms with Crippen molar-refractivity contribution in [3.8, 4) is 0 Å². The minimum atomic E-state index is -2.88. The topological polar surface area (TPSA) is 29.1 Å². The summed E-state index contributed by atoms with van der Waals surface area (Å²) in [6.07, 6.45) is 2.03. The fourth-order valence-corrected chi connectivity index (χ4v) is 5.97. The van der Waals surface area contributed by atoms with Gasteiger partial charge in [0.1, 0.15) is 0 Å². The number of hydrogen-bond acceptors (Lipinski definition) is 1. The van der Waals surface area contributed by atoms with Gasteiger partial charge in [0.2, 0.25) is 7.29 Å². The number of benzene rings is 3. The van der Waals surface area contributed by atoms with Crippen LogP contribution in [-0.4, -0.2) is 0 Å². The molecule has 3 aromatic carbocycles. The van der Waals surface area contributed by atoms with Gasteiger partial charge in [0.05, 0.1) is 0 Å². The highest BCUT2D eigenvalue weighted by molar-refractivity contribution is 7.76. The molecule has 0 aromatic heterocycles. The molecule has 2 nitrogen and oxygen atoms in total. The highest BCUT2D eigenvalue weighted by atomic mass is 31.2. The van der Waals surface area contributed by atoms with Crippen LogP contribution in [0.4, 0.5) is 0 Å². The predicted molar refractivity (Wildman–Crippen MR) is 100 cm³/mol. The number of nitrogens with one attached hydrogen (secondary N) is 1. The Morgan fingerprint density at radius 1 is 0.750 bits per heavy atom. The van der Waals surface area contributed by atoms with E-state index in [4.69, 9.17) is 0 Å². The van der Waals surface area contributed by atoms with Gasteiger partial charge in [-0.05, 0) is 48.2 Å². The third-order valence-electron chi connectivity index (χ3n) is 4.71. The smallest absolute Gasteiger partial charge is 0.205 e. The van der Waals surface area contributed by atoms with Crippen LogP contribution in [0.5, 0.6) is 0 Å². The summed E-state index contributed by atoms with van der Waals surface area (Å²) in [6.45, 7) is 0. The third-order valence-corrected chi connectivity index (χ3v) is 7.44. The highest BCUT2D eigenvalue weighted by Crippen LogP contribution is 2.44. The molecule has 120 valence electrons. The fourth-order valence-electron chi connectivity index (χ4n) is 3.48. The van der Waals surface area contributed by atoms with E-state index in [2.05, 4.69) is 29.4 Å². The second-order valence-corrected chi connectivity index (χ2v) is 8.71.